The first-order valence-corrected chi connectivity index (χ1v) is 3.68. The molecule has 0 aliphatic carbocycles. The Morgan fingerprint density at radius 2 is 1.82 bits per heavy atom. The SMILES string of the molecule is CC(=O)C(=O)ON1CCCC1. The normalized spacial score (nSPS) is 18.3. The van der Waals surface area contributed by atoms with E-state index in [9.17, 15) is 9.59 Å². The third kappa shape index (κ3) is 2.31. The molecule has 0 unspecified atom stereocenters. The van der Waals surface area contributed by atoms with Gasteiger partial charge >= 0.3 is 5.97 Å². The summed E-state index contributed by atoms with van der Waals surface area (Å²) in [5.74, 6) is -1.30. The topological polar surface area (TPSA) is 46.6 Å². The van der Waals surface area contributed by atoms with E-state index >= 15 is 0 Å². The Balaban J connectivity index is 2.29. The summed E-state index contributed by atoms with van der Waals surface area (Å²) in [6.07, 6.45) is 2.07. The van der Waals surface area contributed by atoms with Crippen molar-refractivity contribution < 1.29 is 14.4 Å². The number of hydrogen-bond donors (Lipinski definition) is 0. The third-order valence-corrected chi connectivity index (χ3v) is 1.56. The molecular weight excluding hydrogens is 146 g/mol. The smallest absolute Gasteiger partial charge is 0.362 e. The van der Waals surface area contributed by atoms with Gasteiger partial charge in [0.2, 0.25) is 5.78 Å². The Hall–Kier alpha value is -0.900. The van der Waals surface area contributed by atoms with Gasteiger partial charge in [-0.25, -0.2) is 4.79 Å². The van der Waals surface area contributed by atoms with Gasteiger partial charge < -0.3 is 4.84 Å². The molecule has 4 heteroatoms. The number of carbonyl (C=O) groups excluding carboxylic acids is 2. The molecule has 0 N–H and O–H groups in total. The largest absolute Gasteiger partial charge is 0.393 e. The molecule has 1 aliphatic heterocycles. The molecule has 0 saturated carbocycles. The van der Waals surface area contributed by atoms with E-state index in [-0.39, 0.29) is 0 Å². The Morgan fingerprint density at radius 1 is 1.27 bits per heavy atom. The number of hydrogen-bond acceptors (Lipinski definition) is 4. The Kier molecular flexibility index (Phi) is 2.59. The van der Waals surface area contributed by atoms with Crippen LogP contribution in [0.5, 0.6) is 0 Å². The van der Waals surface area contributed by atoms with Crippen LogP contribution < -0.4 is 0 Å². The number of nitrogens with zero attached hydrogens (tertiary/aromatic N) is 1. The maximum atomic E-state index is 10.7. The monoisotopic (exact) mass is 157 g/mol. The predicted octanol–water partition coefficient (Wildman–Crippen LogP) is 0.129. The van der Waals surface area contributed by atoms with Crippen LogP contribution in [0.2, 0.25) is 0 Å². The van der Waals surface area contributed by atoms with Crippen molar-refractivity contribution in [2.24, 2.45) is 0 Å². The fraction of sp³-hybridized carbons (Fsp3) is 0.714. The number of Topliss-reactive ketones (excluding diaryl/α,β-unsaturated/α-hetero) is 1. The van der Waals surface area contributed by atoms with Crippen molar-refractivity contribution in [2.75, 3.05) is 13.1 Å². The summed E-state index contributed by atoms with van der Waals surface area (Å²) in [5.41, 5.74) is 0. The van der Waals surface area contributed by atoms with E-state index in [1.54, 1.807) is 0 Å². The highest BCUT2D eigenvalue weighted by Gasteiger charge is 2.18. The second kappa shape index (κ2) is 3.48. The molecule has 0 amide bonds. The molecule has 0 aromatic carbocycles. The van der Waals surface area contributed by atoms with E-state index in [4.69, 9.17) is 4.84 Å². The molecule has 0 spiro atoms. The number of hydroxylamine groups is 2. The van der Waals surface area contributed by atoms with Gasteiger partial charge in [0.25, 0.3) is 0 Å². The zero-order valence-electron chi connectivity index (χ0n) is 6.50. The zero-order valence-corrected chi connectivity index (χ0v) is 6.50. The highest BCUT2D eigenvalue weighted by atomic mass is 16.7. The van der Waals surface area contributed by atoms with Gasteiger partial charge in [0, 0.05) is 20.0 Å². The van der Waals surface area contributed by atoms with E-state index in [2.05, 4.69) is 0 Å². The van der Waals surface area contributed by atoms with E-state index in [0.29, 0.717) is 0 Å². The molecule has 4 nitrogen and oxygen atoms in total. The molecule has 1 aliphatic rings. The van der Waals surface area contributed by atoms with Crippen molar-refractivity contribution in [3.05, 3.63) is 0 Å². The highest BCUT2D eigenvalue weighted by Crippen LogP contribution is 2.07. The van der Waals surface area contributed by atoms with Gasteiger partial charge in [-0.1, -0.05) is 0 Å². The van der Waals surface area contributed by atoms with Gasteiger partial charge in [-0.3, -0.25) is 4.79 Å². The summed E-state index contributed by atoms with van der Waals surface area (Å²) >= 11 is 0. The van der Waals surface area contributed by atoms with Crippen molar-refractivity contribution in [1.29, 1.82) is 0 Å². The molecule has 0 bridgehead atoms. The van der Waals surface area contributed by atoms with Crippen molar-refractivity contribution in [3.63, 3.8) is 0 Å². The summed E-state index contributed by atoms with van der Waals surface area (Å²) in [6.45, 7) is 2.70. The lowest BCUT2D eigenvalue weighted by Gasteiger charge is -2.11. The molecule has 0 atom stereocenters. The minimum Gasteiger partial charge on any atom is -0.362 e. The van der Waals surface area contributed by atoms with E-state index in [1.807, 2.05) is 0 Å². The standard InChI is InChI=1S/C7H11NO3/c1-6(9)7(10)11-8-4-2-3-5-8/h2-5H2,1H3. The molecule has 0 aromatic rings. The quantitative estimate of drug-likeness (QED) is 0.534. The van der Waals surface area contributed by atoms with Crippen molar-refractivity contribution in [1.82, 2.24) is 5.06 Å². The summed E-state index contributed by atoms with van der Waals surface area (Å²) in [7, 11) is 0. The van der Waals surface area contributed by atoms with Crippen LogP contribution in [0.25, 0.3) is 0 Å². The van der Waals surface area contributed by atoms with Gasteiger partial charge in [-0.05, 0) is 12.8 Å². The average Bonchev–Trinajstić information content (AvgIpc) is 2.39. The fourth-order valence-electron chi connectivity index (χ4n) is 0.961. The zero-order chi connectivity index (χ0) is 8.27. The summed E-state index contributed by atoms with van der Waals surface area (Å²) in [5, 5.41) is 1.53. The molecule has 1 heterocycles. The van der Waals surface area contributed by atoms with Crippen LogP contribution in [0.15, 0.2) is 0 Å². The van der Waals surface area contributed by atoms with Gasteiger partial charge in [0.15, 0.2) is 0 Å². The molecule has 11 heavy (non-hydrogen) atoms. The summed E-state index contributed by atoms with van der Waals surface area (Å²) in [6, 6.07) is 0. The van der Waals surface area contributed by atoms with Gasteiger partial charge in [0.1, 0.15) is 0 Å². The van der Waals surface area contributed by atoms with Crippen molar-refractivity contribution >= 4 is 11.8 Å². The number of ketones is 1. The summed E-state index contributed by atoms with van der Waals surface area (Å²) in [4.78, 5) is 25.8. The number of rotatable bonds is 2. The predicted molar refractivity (Wildman–Crippen MR) is 37.6 cm³/mol. The molecular formula is C7H11NO3. The van der Waals surface area contributed by atoms with Crippen LogP contribution in [0.4, 0.5) is 0 Å². The molecule has 1 fully saturated rings. The van der Waals surface area contributed by atoms with Crippen LogP contribution >= 0.6 is 0 Å². The van der Waals surface area contributed by atoms with Crippen LogP contribution in [0.1, 0.15) is 19.8 Å². The lowest BCUT2D eigenvalue weighted by Crippen LogP contribution is -2.27. The highest BCUT2D eigenvalue weighted by molar-refractivity contribution is 6.32. The lowest BCUT2D eigenvalue weighted by molar-refractivity contribution is -0.186. The van der Waals surface area contributed by atoms with Gasteiger partial charge in [-0.15, -0.1) is 5.06 Å². The maximum Gasteiger partial charge on any atom is 0.393 e. The van der Waals surface area contributed by atoms with Crippen LogP contribution in [-0.2, 0) is 14.4 Å². The molecule has 1 rings (SSSR count). The first kappa shape index (κ1) is 8.20. The third-order valence-electron chi connectivity index (χ3n) is 1.56. The Labute approximate surface area is 65.1 Å². The van der Waals surface area contributed by atoms with Crippen molar-refractivity contribution in [3.8, 4) is 0 Å². The van der Waals surface area contributed by atoms with Gasteiger partial charge in [0.05, 0.1) is 0 Å². The maximum absolute atomic E-state index is 10.7. The van der Waals surface area contributed by atoms with Gasteiger partial charge in [-0.2, -0.15) is 0 Å². The average molecular weight is 157 g/mol. The number of carbonyl (C=O) groups is 2. The Bertz CT molecular complexity index is 173. The van der Waals surface area contributed by atoms with Crippen LogP contribution in [0.3, 0.4) is 0 Å². The molecule has 0 radical (unpaired) electrons. The Morgan fingerprint density at radius 3 is 2.27 bits per heavy atom. The first-order valence-electron chi connectivity index (χ1n) is 3.68. The summed E-state index contributed by atoms with van der Waals surface area (Å²) < 4.78 is 0. The second-order valence-corrected chi connectivity index (χ2v) is 2.57. The van der Waals surface area contributed by atoms with Crippen LogP contribution in [-0.4, -0.2) is 29.9 Å². The molecule has 0 aromatic heterocycles. The van der Waals surface area contributed by atoms with Crippen LogP contribution in [0, 0.1) is 0 Å². The molecule has 62 valence electrons. The second-order valence-electron chi connectivity index (χ2n) is 2.57. The lowest BCUT2D eigenvalue weighted by atomic mass is 10.4. The first-order chi connectivity index (χ1) is 5.20. The van der Waals surface area contributed by atoms with Crippen molar-refractivity contribution in [2.45, 2.75) is 19.8 Å². The van der Waals surface area contributed by atoms with E-state index in [0.717, 1.165) is 25.9 Å². The fourth-order valence-corrected chi connectivity index (χ4v) is 0.961. The molecule has 1 saturated heterocycles. The minimum absolute atomic E-state index is 0.545. The van der Waals surface area contributed by atoms with E-state index < -0.39 is 11.8 Å². The minimum atomic E-state index is -0.758. The van der Waals surface area contributed by atoms with E-state index in [1.165, 1.54) is 12.0 Å².